The first-order chi connectivity index (χ1) is 13.6. The zero-order valence-electron chi connectivity index (χ0n) is 16.6. The third-order valence-corrected chi connectivity index (χ3v) is 5.79. The van der Waals surface area contributed by atoms with Crippen molar-refractivity contribution in [3.8, 4) is 0 Å². The SMILES string of the molecule is CN(C)Cc1cc2c(o1)CCN(C(=O)c1ccc(C=Cc3ccccc3)s1)C2.Cl. The largest absolute Gasteiger partial charge is 0.464 e. The Kier molecular flexibility index (Phi) is 6.96. The summed E-state index contributed by atoms with van der Waals surface area (Å²) in [5.74, 6) is 2.10. The molecule has 1 aliphatic rings. The fourth-order valence-electron chi connectivity index (χ4n) is 3.41. The second kappa shape index (κ2) is 9.44. The number of benzene rings is 1. The molecule has 0 saturated carbocycles. The average Bonchev–Trinajstić information content (AvgIpc) is 3.32. The van der Waals surface area contributed by atoms with Crippen LogP contribution in [0.25, 0.3) is 12.2 Å². The van der Waals surface area contributed by atoms with Gasteiger partial charge >= 0.3 is 0 Å². The van der Waals surface area contributed by atoms with E-state index >= 15 is 0 Å². The van der Waals surface area contributed by atoms with E-state index in [-0.39, 0.29) is 18.3 Å². The number of carbonyl (C=O) groups excluding carboxylic acids is 1. The zero-order valence-corrected chi connectivity index (χ0v) is 18.3. The summed E-state index contributed by atoms with van der Waals surface area (Å²) >= 11 is 1.54. The summed E-state index contributed by atoms with van der Waals surface area (Å²) < 4.78 is 5.94. The Morgan fingerprint density at radius 1 is 1.17 bits per heavy atom. The van der Waals surface area contributed by atoms with Gasteiger partial charge in [-0.05, 0) is 43.9 Å². The molecular weight excluding hydrogens is 404 g/mol. The van der Waals surface area contributed by atoms with E-state index in [9.17, 15) is 4.79 Å². The predicted octanol–water partition coefficient (Wildman–Crippen LogP) is 5.19. The molecule has 1 aromatic carbocycles. The molecule has 6 heteroatoms. The molecule has 0 N–H and O–H groups in total. The van der Waals surface area contributed by atoms with Crippen LogP contribution in [0.1, 0.15) is 37.2 Å². The van der Waals surface area contributed by atoms with Gasteiger partial charge in [-0.2, -0.15) is 0 Å². The maximum Gasteiger partial charge on any atom is 0.264 e. The molecule has 4 rings (SSSR count). The third-order valence-electron chi connectivity index (χ3n) is 4.75. The summed E-state index contributed by atoms with van der Waals surface area (Å²) in [5.41, 5.74) is 2.29. The van der Waals surface area contributed by atoms with Crippen molar-refractivity contribution in [3.05, 3.63) is 80.9 Å². The number of carbonyl (C=O) groups is 1. The van der Waals surface area contributed by atoms with Gasteiger partial charge in [0, 0.05) is 30.0 Å². The number of rotatable bonds is 5. The molecule has 152 valence electrons. The fraction of sp³-hybridized carbons (Fsp3) is 0.261. The number of furan rings is 1. The van der Waals surface area contributed by atoms with Crippen molar-refractivity contribution >= 4 is 41.8 Å². The van der Waals surface area contributed by atoms with Gasteiger partial charge in [0.25, 0.3) is 5.91 Å². The molecule has 0 fully saturated rings. The Morgan fingerprint density at radius 2 is 1.97 bits per heavy atom. The molecule has 0 aliphatic carbocycles. The summed E-state index contributed by atoms with van der Waals surface area (Å²) in [5, 5.41) is 0. The smallest absolute Gasteiger partial charge is 0.264 e. The van der Waals surface area contributed by atoms with E-state index in [0.29, 0.717) is 13.1 Å². The second-order valence-electron chi connectivity index (χ2n) is 7.32. The molecule has 4 nitrogen and oxygen atoms in total. The van der Waals surface area contributed by atoms with Gasteiger partial charge in [0.15, 0.2) is 0 Å². The first-order valence-corrected chi connectivity index (χ1v) is 10.3. The van der Waals surface area contributed by atoms with Gasteiger partial charge in [-0.25, -0.2) is 0 Å². The van der Waals surface area contributed by atoms with Crippen molar-refractivity contribution < 1.29 is 9.21 Å². The van der Waals surface area contributed by atoms with Gasteiger partial charge in [0.05, 0.1) is 11.4 Å². The van der Waals surface area contributed by atoms with Gasteiger partial charge in [0.1, 0.15) is 11.5 Å². The van der Waals surface area contributed by atoms with Gasteiger partial charge in [-0.3, -0.25) is 4.79 Å². The van der Waals surface area contributed by atoms with Crippen LogP contribution in [0.2, 0.25) is 0 Å². The highest BCUT2D eigenvalue weighted by Crippen LogP contribution is 2.27. The second-order valence-corrected chi connectivity index (χ2v) is 8.44. The van der Waals surface area contributed by atoms with E-state index < -0.39 is 0 Å². The molecular formula is C23H25ClN2O2S. The van der Waals surface area contributed by atoms with Gasteiger partial charge in [0.2, 0.25) is 0 Å². The van der Waals surface area contributed by atoms with Crippen molar-refractivity contribution in [2.45, 2.75) is 19.5 Å². The number of hydrogen-bond acceptors (Lipinski definition) is 4. The van der Waals surface area contributed by atoms with Crippen LogP contribution < -0.4 is 0 Å². The van der Waals surface area contributed by atoms with Crippen molar-refractivity contribution in [2.75, 3.05) is 20.6 Å². The lowest BCUT2D eigenvalue weighted by molar-refractivity contribution is 0.0734. The number of halogens is 1. The highest BCUT2D eigenvalue weighted by Gasteiger charge is 2.25. The van der Waals surface area contributed by atoms with Crippen LogP contribution in [0.4, 0.5) is 0 Å². The summed E-state index contributed by atoms with van der Waals surface area (Å²) in [4.78, 5) is 18.8. The lowest BCUT2D eigenvalue weighted by atomic mass is 10.1. The van der Waals surface area contributed by atoms with Gasteiger partial charge in [-0.1, -0.05) is 36.4 Å². The number of thiophene rings is 1. The van der Waals surface area contributed by atoms with Crippen LogP contribution >= 0.6 is 23.7 Å². The standard InChI is InChI=1S/C23H24N2O2S.ClH/c1-24(2)16-19-14-18-15-25(13-12-21(18)27-19)23(26)22-11-10-20(28-22)9-8-17-6-4-3-5-7-17;/h3-11,14H,12-13,15-16H2,1-2H3;1H. The summed E-state index contributed by atoms with van der Waals surface area (Å²) in [7, 11) is 4.05. The Labute approximate surface area is 181 Å². The monoisotopic (exact) mass is 428 g/mol. The third kappa shape index (κ3) is 5.18. The van der Waals surface area contributed by atoms with E-state index in [4.69, 9.17) is 4.42 Å². The Balaban J connectivity index is 0.00000240. The van der Waals surface area contributed by atoms with Crippen molar-refractivity contribution in [3.63, 3.8) is 0 Å². The van der Waals surface area contributed by atoms with Crippen LogP contribution in [0.3, 0.4) is 0 Å². The van der Waals surface area contributed by atoms with Crippen LogP contribution in [-0.4, -0.2) is 36.3 Å². The molecule has 3 heterocycles. The van der Waals surface area contributed by atoms with Crippen molar-refractivity contribution in [1.29, 1.82) is 0 Å². The van der Waals surface area contributed by atoms with E-state index in [0.717, 1.165) is 45.4 Å². The van der Waals surface area contributed by atoms with E-state index in [1.54, 1.807) is 11.3 Å². The molecule has 0 unspecified atom stereocenters. The van der Waals surface area contributed by atoms with Crippen LogP contribution in [-0.2, 0) is 19.5 Å². The molecule has 29 heavy (non-hydrogen) atoms. The minimum Gasteiger partial charge on any atom is -0.464 e. The minimum absolute atomic E-state index is 0. The maximum absolute atomic E-state index is 13.0. The lowest BCUT2D eigenvalue weighted by Gasteiger charge is -2.25. The topological polar surface area (TPSA) is 36.7 Å². The molecule has 2 aromatic heterocycles. The Morgan fingerprint density at radius 3 is 2.72 bits per heavy atom. The van der Waals surface area contributed by atoms with Crippen molar-refractivity contribution in [1.82, 2.24) is 9.80 Å². The van der Waals surface area contributed by atoms with E-state index in [2.05, 4.69) is 35.3 Å². The van der Waals surface area contributed by atoms with E-state index in [1.807, 2.05) is 49.3 Å². The number of amides is 1. The number of fused-ring (bicyclic) bond motifs is 1. The van der Waals surface area contributed by atoms with Crippen LogP contribution in [0, 0.1) is 0 Å². The van der Waals surface area contributed by atoms with Crippen LogP contribution in [0.15, 0.2) is 52.9 Å². The van der Waals surface area contributed by atoms with E-state index in [1.165, 1.54) is 0 Å². The first-order valence-electron chi connectivity index (χ1n) is 9.46. The molecule has 0 radical (unpaired) electrons. The van der Waals surface area contributed by atoms with Gasteiger partial charge < -0.3 is 14.2 Å². The van der Waals surface area contributed by atoms with Crippen LogP contribution in [0.5, 0.6) is 0 Å². The maximum atomic E-state index is 13.0. The summed E-state index contributed by atoms with van der Waals surface area (Å²) in [6.07, 6.45) is 4.92. The molecule has 0 bridgehead atoms. The molecule has 0 saturated heterocycles. The zero-order chi connectivity index (χ0) is 19.5. The molecule has 0 spiro atoms. The minimum atomic E-state index is 0. The average molecular weight is 429 g/mol. The predicted molar refractivity (Wildman–Crippen MR) is 121 cm³/mol. The Bertz CT molecular complexity index is 991. The molecule has 0 atom stereocenters. The Hall–Kier alpha value is -2.34. The lowest BCUT2D eigenvalue weighted by Crippen LogP contribution is -2.35. The first kappa shape index (κ1) is 21.4. The highest BCUT2D eigenvalue weighted by molar-refractivity contribution is 7.14. The fourth-order valence-corrected chi connectivity index (χ4v) is 4.29. The highest BCUT2D eigenvalue weighted by atomic mass is 35.5. The molecule has 1 aliphatic heterocycles. The molecule has 1 amide bonds. The normalized spacial score (nSPS) is 13.6. The summed E-state index contributed by atoms with van der Waals surface area (Å²) in [6, 6.07) is 16.2. The summed E-state index contributed by atoms with van der Waals surface area (Å²) in [6.45, 7) is 2.11. The number of hydrogen-bond donors (Lipinski definition) is 0. The molecule has 3 aromatic rings. The number of nitrogens with zero attached hydrogens (tertiary/aromatic N) is 2. The van der Waals surface area contributed by atoms with Crippen molar-refractivity contribution in [2.24, 2.45) is 0 Å². The quantitative estimate of drug-likeness (QED) is 0.560. The van der Waals surface area contributed by atoms with Gasteiger partial charge in [-0.15, -0.1) is 23.7 Å².